The number of nitrogens with zero attached hydrogens (tertiary/aromatic N) is 1. The Morgan fingerprint density at radius 2 is 2.06 bits per heavy atom. The molecule has 0 radical (unpaired) electrons. The van der Waals surface area contributed by atoms with Crippen LogP contribution in [0.3, 0.4) is 0 Å². The quantitative estimate of drug-likeness (QED) is 0.695. The monoisotopic (exact) mass is 229 g/mol. The average molecular weight is 229 g/mol. The van der Waals surface area contributed by atoms with Crippen molar-refractivity contribution in [1.29, 1.82) is 0 Å². The van der Waals surface area contributed by atoms with Gasteiger partial charge >= 0.3 is 0 Å². The number of aromatic nitrogens is 1. The van der Waals surface area contributed by atoms with Crippen molar-refractivity contribution in [2.75, 3.05) is 19.8 Å². The van der Waals surface area contributed by atoms with Crippen LogP contribution >= 0.6 is 0 Å². The van der Waals surface area contributed by atoms with Gasteiger partial charge in [0.1, 0.15) is 6.26 Å². The summed E-state index contributed by atoms with van der Waals surface area (Å²) in [5.41, 5.74) is 1.02. The fourth-order valence-electron chi connectivity index (χ4n) is 1.22. The first kappa shape index (κ1) is 15.1. The highest BCUT2D eigenvalue weighted by Crippen LogP contribution is 2.03. The van der Waals surface area contributed by atoms with E-state index in [2.05, 4.69) is 5.16 Å². The van der Waals surface area contributed by atoms with Gasteiger partial charge in [0.15, 0.2) is 0 Å². The smallest absolute Gasteiger partial charge is 0.124 e. The summed E-state index contributed by atoms with van der Waals surface area (Å²) in [6.45, 7) is 5.29. The molecule has 94 valence electrons. The van der Waals surface area contributed by atoms with Crippen LogP contribution in [-0.4, -0.2) is 30.1 Å². The van der Waals surface area contributed by atoms with E-state index in [9.17, 15) is 0 Å². The molecule has 1 aromatic rings. The molecule has 0 bridgehead atoms. The van der Waals surface area contributed by atoms with Gasteiger partial charge in [-0.05, 0) is 19.3 Å². The lowest BCUT2D eigenvalue weighted by Gasteiger charge is -2.01. The summed E-state index contributed by atoms with van der Waals surface area (Å²) < 4.78 is 9.86. The normalized spacial score (nSPS) is 9.69. The van der Waals surface area contributed by atoms with Crippen molar-refractivity contribution in [3.63, 3.8) is 0 Å². The van der Waals surface area contributed by atoms with Gasteiger partial charge in [0, 0.05) is 12.7 Å². The first-order chi connectivity index (χ1) is 7.93. The van der Waals surface area contributed by atoms with Gasteiger partial charge in [-0.15, -0.1) is 0 Å². The Balaban J connectivity index is 0.00000106. The molecule has 0 saturated carbocycles. The van der Waals surface area contributed by atoms with Crippen LogP contribution in [-0.2, 0) is 11.2 Å². The van der Waals surface area contributed by atoms with Gasteiger partial charge in [-0.1, -0.05) is 25.4 Å². The highest BCUT2D eigenvalue weighted by atomic mass is 16.5. The third kappa shape index (κ3) is 8.44. The molecule has 0 aromatic carbocycles. The molecule has 0 spiro atoms. The van der Waals surface area contributed by atoms with Crippen molar-refractivity contribution in [2.45, 2.75) is 39.5 Å². The molecular weight excluding hydrogens is 206 g/mol. The van der Waals surface area contributed by atoms with Crippen molar-refractivity contribution in [3.8, 4) is 0 Å². The number of rotatable bonds is 8. The van der Waals surface area contributed by atoms with Crippen molar-refractivity contribution in [2.24, 2.45) is 0 Å². The molecule has 0 fully saturated rings. The van der Waals surface area contributed by atoms with E-state index in [4.69, 9.17) is 14.4 Å². The number of ether oxygens (including phenoxy) is 1. The highest BCUT2D eigenvalue weighted by molar-refractivity contribution is 4.94. The lowest BCUT2D eigenvalue weighted by Crippen LogP contribution is -2.00. The molecular formula is C12H23NO3. The molecule has 0 unspecified atom stereocenters. The minimum atomic E-state index is 0.110. The number of hydrogen-bond donors (Lipinski definition) is 1. The Bertz CT molecular complexity index is 212. The maximum Gasteiger partial charge on any atom is 0.124 e. The van der Waals surface area contributed by atoms with Crippen molar-refractivity contribution < 1.29 is 14.4 Å². The van der Waals surface area contributed by atoms with Gasteiger partial charge in [-0.25, -0.2) is 0 Å². The van der Waals surface area contributed by atoms with E-state index in [1.54, 1.807) is 6.26 Å². The molecule has 0 atom stereocenters. The van der Waals surface area contributed by atoms with Crippen LogP contribution in [0.2, 0.25) is 0 Å². The first-order valence-electron chi connectivity index (χ1n) is 6.01. The highest BCUT2D eigenvalue weighted by Gasteiger charge is 1.96. The Kier molecular flexibility index (Phi) is 11.5. The molecule has 0 aliphatic heterocycles. The summed E-state index contributed by atoms with van der Waals surface area (Å²) in [6, 6.07) is 1.89. The summed E-state index contributed by atoms with van der Waals surface area (Å²) >= 11 is 0. The van der Waals surface area contributed by atoms with E-state index in [-0.39, 0.29) is 6.61 Å². The minimum absolute atomic E-state index is 0.110. The summed E-state index contributed by atoms with van der Waals surface area (Å²) in [5.74, 6) is 0. The molecule has 0 saturated heterocycles. The zero-order valence-corrected chi connectivity index (χ0v) is 10.3. The third-order valence-corrected chi connectivity index (χ3v) is 1.95. The lowest BCUT2D eigenvalue weighted by molar-refractivity contribution is 0.0896. The molecule has 16 heavy (non-hydrogen) atoms. The Morgan fingerprint density at radius 3 is 2.69 bits per heavy atom. The molecule has 1 N–H and O–H groups in total. The fraction of sp³-hybridized carbons (Fsp3) is 0.750. The van der Waals surface area contributed by atoms with Gasteiger partial charge in [0.2, 0.25) is 0 Å². The fourth-order valence-corrected chi connectivity index (χ4v) is 1.22. The second-order valence-corrected chi connectivity index (χ2v) is 3.14. The number of aryl methyl sites for hydroxylation is 1. The van der Waals surface area contributed by atoms with E-state index < -0.39 is 0 Å². The average Bonchev–Trinajstić information content (AvgIpc) is 2.84. The Hall–Kier alpha value is -0.870. The van der Waals surface area contributed by atoms with E-state index in [0.29, 0.717) is 6.61 Å². The van der Waals surface area contributed by atoms with E-state index >= 15 is 0 Å². The van der Waals surface area contributed by atoms with Gasteiger partial charge in [0.05, 0.1) is 18.9 Å². The largest absolute Gasteiger partial charge is 0.394 e. The number of aliphatic hydroxyl groups is 1. The van der Waals surface area contributed by atoms with E-state index in [1.807, 2.05) is 19.9 Å². The van der Waals surface area contributed by atoms with Crippen molar-refractivity contribution in [1.82, 2.24) is 5.16 Å². The number of hydrogen-bond acceptors (Lipinski definition) is 4. The van der Waals surface area contributed by atoms with Gasteiger partial charge in [0.25, 0.3) is 0 Å². The topological polar surface area (TPSA) is 55.5 Å². The van der Waals surface area contributed by atoms with Crippen LogP contribution < -0.4 is 0 Å². The zero-order valence-electron chi connectivity index (χ0n) is 10.3. The maximum absolute atomic E-state index is 8.45. The Labute approximate surface area is 97.6 Å². The molecule has 0 aliphatic carbocycles. The van der Waals surface area contributed by atoms with Gasteiger partial charge in [-0.2, -0.15) is 0 Å². The van der Waals surface area contributed by atoms with E-state index in [0.717, 1.165) is 38.0 Å². The number of unbranched alkanes of at least 4 members (excludes halogenated alkanes) is 2. The second kappa shape index (κ2) is 12.2. The van der Waals surface area contributed by atoms with Crippen LogP contribution in [0, 0.1) is 0 Å². The van der Waals surface area contributed by atoms with Gasteiger partial charge in [-0.3, -0.25) is 0 Å². The minimum Gasteiger partial charge on any atom is -0.394 e. The summed E-state index contributed by atoms with van der Waals surface area (Å²) in [5, 5.41) is 12.3. The SMILES string of the molecule is CC.OCCOCCCCCc1ccon1. The predicted octanol–water partition coefficient (Wildman–Crippen LogP) is 2.42. The van der Waals surface area contributed by atoms with Crippen LogP contribution in [0.15, 0.2) is 16.9 Å². The van der Waals surface area contributed by atoms with Crippen LogP contribution in [0.25, 0.3) is 0 Å². The van der Waals surface area contributed by atoms with Crippen LogP contribution in [0.4, 0.5) is 0 Å². The predicted molar refractivity (Wildman–Crippen MR) is 63.3 cm³/mol. The third-order valence-electron chi connectivity index (χ3n) is 1.95. The van der Waals surface area contributed by atoms with Crippen LogP contribution in [0.1, 0.15) is 38.8 Å². The van der Waals surface area contributed by atoms with E-state index in [1.165, 1.54) is 0 Å². The number of aliphatic hydroxyl groups excluding tert-OH is 1. The summed E-state index contributed by atoms with van der Waals surface area (Å²) in [4.78, 5) is 0. The Morgan fingerprint density at radius 1 is 1.25 bits per heavy atom. The molecule has 4 heteroatoms. The van der Waals surface area contributed by atoms with Gasteiger partial charge < -0.3 is 14.4 Å². The molecule has 1 rings (SSSR count). The first-order valence-corrected chi connectivity index (χ1v) is 6.01. The lowest BCUT2D eigenvalue weighted by atomic mass is 10.1. The summed E-state index contributed by atoms with van der Waals surface area (Å²) in [6.07, 6.45) is 5.83. The molecule has 0 amide bonds. The molecule has 4 nitrogen and oxygen atoms in total. The standard InChI is InChI=1S/C10H17NO3.C2H6/c12-6-9-13-7-3-1-2-4-10-5-8-14-11-10;1-2/h5,8,12H,1-4,6-7,9H2;1-2H3. The second-order valence-electron chi connectivity index (χ2n) is 3.14. The molecule has 1 aromatic heterocycles. The molecule has 1 heterocycles. The summed E-state index contributed by atoms with van der Waals surface area (Å²) in [7, 11) is 0. The van der Waals surface area contributed by atoms with Crippen molar-refractivity contribution in [3.05, 3.63) is 18.0 Å². The van der Waals surface area contributed by atoms with Crippen molar-refractivity contribution >= 4 is 0 Å². The maximum atomic E-state index is 8.45. The molecule has 0 aliphatic rings. The van der Waals surface area contributed by atoms with Crippen LogP contribution in [0.5, 0.6) is 0 Å². The zero-order chi connectivity index (χ0) is 12.1.